The average molecular weight is 455 g/mol. The van der Waals surface area contributed by atoms with Crippen LogP contribution in [0, 0.1) is 19.7 Å². The molecule has 168 valence electrons. The molecular formula is C25H27FN2O3S. The Morgan fingerprint density at radius 3 is 2.03 bits per heavy atom. The maximum atomic E-state index is 13.0. The van der Waals surface area contributed by atoms with Crippen LogP contribution < -0.4 is 9.62 Å². The first-order chi connectivity index (χ1) is 15.1. The molecule has 0 unspecified atom stereocenters. The molecule has 3 aromatic rings. The molecule has 0 fully saturated rings. The van der Waals surface area contributed by atoms with E-state index in [-0.39, 0.29) is 18.3 Å². The number of anilines is 1. The first kappa shape index (κ1) is 23.5. The lowest BCUT2D eigenvalue weighted by molar-refractivity contribution is 0.0954. The van der Waals surface area contributed by atoms with Crippen LogP contribution >= 0.6 is 0 Å². The number of halogens is 1. The summed E-state index contributed by atoms with van der Waals surface area (Å²) in [6.45, 7) is 4.39. The minimum absolute atomic E-state index is 0.178. The van der Waals surface area contributed by atoms with Crippen LogP contribution in [0.2, 0.25) is 0 Å². The van der Waals surface area contributed by atoms with Crippen molar-refractivity contribution < 1.29 is 17.6 Å². The SMILES string of the molecule is Cc1cccc(C)c1N(Cc1ccc(C(=O)NCCc2ccc(F)cc2)cc1)S(C)(=O)=O. The molecule has 0 atom stereocenters. The number of benzene rings is 3. The molecule has 5 nitrogen and oxygen atoms in total. The Hall–Kier alpha value is -3.19. The van der Waals surface area contributed by atoms with Gasteiger partial charge in [0.05, 0.1) is 18.5 Å². The largest absolute Gasteiger partial charge is 0.352 e. The molecule has 0 aliphatic rings. The molecule has 0 spiro atoms. The number of sulfonamides is 1. The molecule has 0 saturated carbocycles. The van der Waals surface area contributed by atoms with Gasteiger partial charge in [0, 0.05) is 12.1 Å². The number of hydrogen-bond acceptors (Lipinski definition) is 3. The molecule has 0 aliphatic carbocycles. The van der Waals surface area contributed by atoms with Crippen molar-refractivity contribution in [3.63, 3.8) is 0 Å². The summed E-state index contributed by atoms with van der Waals surface area (Å²) in [5, 5.41) is 2.85. The number of nitrogens with zero attached hydrogens (tertiary/aromatic N) is 1. The standard InChI is InChI=1S/C25H27FN2O3S/c1-18-5-4-6-19(2)24(18)28(32(3,30)31)17-21-7-11-22(12-8-21)25(29)27-16-15-20-9-13-23(26)14-10-20/h4-14H,15-17H2,1-3H3,(H,27,29). The number of rotatable bonds is 8. The molecule has 0 bridgehead atoms. The van der Waals surface area contributed by atoms with Crippen molar-refractivity contribution in [3.05, 3.63) is 100 Å². The number of carbonyl (C=O) groups excluding carboxylic acids is 1. The van der Waals surface area contributed by atoms with Crippen molar-refractivity contribution in [2.24, 2.45) is 0 Å². The summed E-state index contributed by atoms with van der Waals surface area (Å²) in [5.74, 6) is -0.502. The fourth-order valence-electron chi connectivity index (χ4n) is 3.56. The normalized spacial score (nSPS) is 11.2. The first-order valence-corrected chi connectivity index (χ1v) is 12.2. The van der Waals surface area contributed by atoms with Crippen LogP contribution in [0.15, 0.2) is 66.7 Å². The molecule has 7 heteroatoms. The second-order valence-electron chi connectivity index (χ2n) is 7.84. The highest BCUT2D eigenvalue weighted by atomic mass is 32.2. The Balaban J connectivity index is 1.67. The second kappa shape index (κ2) is 9.96. The van der Waals surface area contributed by atoms with Crippen molar-refractivity contribution >= 4 is 21.6 Å². The van der Waals surface area contributed by atoms with Gasteiger partial charge in [-0.2, -0.15) is 0 Å². The molecule has 0 aromatic heterocycles. The minimum Gasteiger partial charge on any atom is -0.352 e. The highest BCUT2D eigenvalue weighted by Gasteiger charge is 2.21. The van der Waals surface area contributed by atoms with E-state index in [0.717, 1.165) is 22.3 Å². The Morgan fingerprint density at radius 2 is 1.47 bits per heavy atom. The van der Waals surface area contributed by atoms with Crippen molar-refractivity contribution in [2.45, 2.75) is 26.8 Å². The molecular weight excluding hydrogens is 427 g/mol. The predicted octanol–water partition coefficient (Wildman–Crippen LogP) is 4.38. The van der Waals surface area contributed by atoms with E-state index in [1.165, 1.54) is 22.7 Å². The average Bonchev–Trinajstić information content (AvgIpc) is 2.74. The van der Waals surface area contributed by atoms with E-state index in [1.54, 1.807) is 36.4 Å². The molecule has 0 saturated heterocycles. The zero-order valence-electron chi connectivity index (χ0n) is 18.4. The van der Waals surface area contributed by atoms with Gasteiger partial charge in [0.2, 0.25) is 10.0 Å². The molecule has 32 heavy (non-hydrogen) atoms. The van der Waals surface area contributed by atoms with E-state index >= 15 is 0 Å². The van der Waals surface area contributed by atoms with E-state index in [2.05, 4.69) is 5.32 Å². The van der Waals surface area contributed by atoms with Crippen molar-refractivity contribution in [1.29, 1.82) is 0 Å². The Bertz CT molecular complexity index is 1170. The summed E-state index contributed by atoms with van der Waals surface area (Å²) in [6.07, 6.45) is 1.80. The zero-order valence-corrected chi connectivity index (χ0v) is 19.2. The van der Waals surface area contributed by atoms with Crippen LogP contribution in [0.25, 0.3) is 0 Å². The zero-order chi connectivity index (χ0) is 23.3. The number of hydrogen-bond donors (Lipinski definition) is 1. The quantitative estimate of drug-likeness (QED) is 0.549. The maximum absolute atomic E-state index is 13.0. The third-order valence-corrected chi connectivity index (χ3v) is 6.36. The van der Waals surface area contributed by atoms with Gasteiger partial charge >= 0.3 is 0 Å². The lowest BCUT2D eigenvalue weighted by Gasteiger charge is -2.26. The molecule has 1 amide bonds. The number of para-hydroxylation sites is 1. The summed E-state index contributed by atoms with van der Waals surface area (Å²) in [6, 6.07) is 18.8. The Kier molecular flexibility index (Phi) is 7.30. The smallest absolute Gasteiger partial charge is 0.251 e. The van der Waals surface area contributed by atoms with Gasteiger partial charge in [-0.3, -0.25) is 9.10 Å². The van der Waals surface area contributed by atoms with Gasteiger partial charge in [0.25, 0.3) is 5.91 Å². The summed E-state index contributed by atoms with van der Waals surface area (Å²) < 4.78 is 39.4. The number of carbonyl (C=O) groups is 1. The lowest BCUT2D eigenvalue weighted by Crippen LogP contribution is -2.30. The summed E-state index contributed by atoms with van der Waals surface area (Å²) in [4.78, 5) is 12.4. The third-order valence-electron chi connectivity index (χ3n) is 5.24. The summed E-state index contributed by atoms with van der Waals surface area (Å²) in [7, 11) is -3.50. The molecule has 0 aliphatic heterocycles. The Morgan fingerprint density at radius 1 is 0.906 bits per heavy atom. The molecule has 0 radical (unpaired) electrons. The molecule has 0 heterocycles. The maximum Gasteiger partial charge on any atom is 0.251 e. The predicted molar refractivity (Wildman–Crippen MR) is 126 cm³/mol. The van der Waals surface area contributed by atoms with Crippen molar-refractivity contribution in [2.75, 3.05) is 17.1 Å². The van der Waals surface area contributed by atoms with Crippen molar-refractivity contribution in [1.82, 2.24) is 5.32 Å². The van der Waals surface area contributed by atoms with Gasteiger partial charge in [0.1, 0.15) is 5.82 Å². The van der Waals surface area contributed by atoms with Gasteiger partial charge < -0.3 is 5.32 Å². The number of amides is 1. The fraction of sp³-hybridized carbons (Fsp3) is 0.240. The van der Waals surface area contributed by atoms with E-state index in [4.69, 9.17) is 0 Å². The third kappa shape index (κ3) is 5.95. The second-order valence-corrected chi connectivity index (χ2v) is 9.75. The van der Waals surface area contributed by atoms with E-state index in [9.17, 15) is 17.6 Å². The van der Waals surface area contributed by atoms with Gasteiger partial charge in [0.15, 0.2) is 0 Å². The van der Waals surface area contributed by atoms with Crippen LogP contribution in [0.3, 0.4) is 0 Å². The van der Waals surface area contributed by atoms with Gasteiger partial charge in [-0.15, -0.1) is 0 Å². The van der Waals surface area contributed by atoms with Gasteiger partial charge in [-0.25, -0.2) is 12.8 Å². The van der Waals surface area contributed by atoms with E-state index in [1.807, 2.05) is 32.0 Å². The van der Waals surface area contributed by atoms with Gasteiger partial charge in [-0.1, -0.05) is 42.5 Å². The monoisotopic (exact) mass is 454 g/mol. The molecule has 1 N–H and O–H groups in total. The summed E-state index contributed by atoms with van der Waals surface area (Å²) in [5.41, 5.74) is 4.65. The highest BCUT2D eigenvalue weighted by molar-refractivity contribution is 7.92. The van der Waals surface area contributed by atoms with Gasteiger partial charge in [-0.05, 0) is 66.8 Å². The topological polar surface area (TPSA) is 66.5 Å². The number of nitrogens with one attached hydrogen (secondary N) is 1. The minimum atomic E-state index is -3.50. The number of aryl methyl sites for hydroxylation is 2. The lowest BCUT2D eigenvalue weighted by atomic mass is 10.1. The van der Waals surface area contributed by atoms with E-state index in [0.29, 0.717) is 24.2 Å². The first-order valence-electron chi connectivity index (χ1n) is 10.3. The van der Waals surface area contributed by atoms with Crippen molar-refractivity contribution in [3.8, 4) is 0 Å². The Labute approximate surface area is 188 Å². The molecule has 3 aromatic carbocycles. The van der Waals surface area contributed by atoms with Crippen LogP contribution in [-0.4, -0.2) is 27.1 Å². The fourth-order valence-corrected chi connectivity index (χ4v) is 4.57. The summed E-state index contributed by atoms with van der Waals surface area (Å²) >= 11 is 0. The van der Waals surface area contributed by atoms with Crippen LogP contribution in [0.1, 0.15) is 32.6 Å². The van der Waals surface area contributed by atoms with Crippen LogP contribution in [-0.2, 0) is 23.0 Å². The highest BCUT2D eigenvalue weighted by Crippen LogP contribution is 2.28. The van der Waals surface area contributed by atoms with Crippen LogP contribution in [0.4, 0.5) is 10.1 Å². The molecule has 3 rings (SSSR count). The van der Waals surface area contributed by atoms with E-state index < -0.39 is 10.0 Å². The van der Waals surface area contributed by atoms with Crippen LogP contribution in [0.5, 0.6) is 0 Å².